The molecule has 0 aliphatic carbocycles. The molecule has 0 aliphatic rings. The van der Waals surface area contributed by atoms with E-state index in [0.717, 1.165) is 9.99 Å². The van der Waals surface area contributed by atoms with Gasteiger partial charge in [-0.05, 0) is 24.3 Å². The lowest BCUT2D eigenvalue weighted by Gasteiger charge is -1.99. The maximum atomic E-state index is 13.8. The Hall–Kier alpha value is -1.95. The van der Waals surface area contributed by atoms with Gasteiger partial charge in [0.15, 0.2) is 5.65 Å². The van der Waals surface area contributed by atoms with Crippen LogP contribution in [0.25, 0.3) is 22.6 Å². The summed E-state index contributed by atoms with van der Waals surface area (Å²) >= 11 is 3.32. The zero-order chi connectivity index (χ0) is 13.4. The molecule has 1 N–H and O–H groups in total. The van der Waals surface area contributed by atoms with Gasteiger partial charge in [0.1, 0.15) is 11.6 Å². The van der Waals surface area contributed by atoms with Crippen molar-refractivity contribution in [2.75, 3.05) is 7.11 Å². The van der Waals surface area contributed by atoms with Crippen molar-refractivity contribution in [3.8, 4) is 17.3 Å². The smallest absolute Gasteiger partial charge is 0.215 e. The van der Waals surface area contributed by atoms with E-state index in [1.165, 1.54) is 13.2 Å². The first-order valence-corrected chi connectivity index (χ1v) is 6.33. The van der Waals surface area contributed by atoms with Gasteiger partial charge in [-0.1, -0.05) is 15.9 Å². The number of H-pyrrole nitrogens is 1. The number of methoxy groups -OCH3 is 1. The van der Waals surface area contributed by atoms with Crippen molar-refractivity contribution >= 4 is 27.1 Å². The van der Waals surface area contributed by atoms with Crippen molar-refractivity contribution in [1.29, 1.82) is 0 Å². The molecule has 3 rings (SSSR count). The number of hydrogen-bond acceptors (Lipinski definition) is 3. The standard InChI is InChI=1S/C13H9BrFN3O/c1-19-11-5-4-10-13(17-11)18-12(16-10)8-6-7(14)2-3-9(8)15/h2-6H,1H3,(H,16,17,18). The summed E-state index contributed by atoms with van der Waals surface area (Å²) < 4.78 is 19.6. The van der Waals surface area contributed by atoms with Crippen molar-refractivity contribution in [3.63, 3.8) is 0 Å². The summed E-state index contributed by atoms with van der Waals surface area (Å²) in [5, 5.41) is 0. The van der Waals surface area contributed by atoms with Crippen LogP contribution in [0.4, 0.5) is 4.39 Å². The average Bonchev–Trinajstić information content (AvgIpc) is 2.83. The third-order valence-corrected chi connectivity index (χ3v) is 3.21. The number of rotatable bonds is 2. The number of pyridine rings is 1. The van der Waals surface area contributed by atoms with Gasteiger partial charge < -0.3 is 9.72 Å². The first-order chi connectivity index (χ1) is 9.17. The van der Waals surface area contributed by atoms with Gasteiger partial charge in [0.05, 0.1) is 18.2 Å². The average molecular weight is 322 g/mol. The van der Waals surface area contributed by atoms with E-state index in [0.29, 0.717) is 22.9 Å². The van der Waals surface area contributed by atoms with E-state index in [4.69, 9.17) is 4.74 Å². The highest BCUT2D eigenvalue weighted by Gasteiger charge is 2.11. The Morgan fingerprint density at radius 2 is 2.05 bits per heavy atom. The number of aromatic amines is 1. The molecule has 0 unspecified atom stereocenters. The summed E-state index contributed by atoms with van der Waals surface area (Å²) in [7, 11) is 1.54. The predicted molar refractivity (Wildman–Crippen MR) is 73.5 cm³/mol. The molecule has 4 nitrogen and oxygen atoms in total. The molecule has 2 heterocycles. The van der Waals surface area contributed by atoms with Crippen molar-refractivity contribution in [2.45, 2.75) is 0 Å². The van der Waals surface area contributed by atoms with Crippen LogP contribution in [0.3, 0.4) is 0 Å². The van der Waals surface area contributed by atoms with Gasteiger partial charge in [-0.15, -0.1) is 0 Å². The highest BCUT2D eigenvalue weighted by Crippen LogP contribution is 2.26. The van der Waals surface area contributed by atoms with Gasteiger partial charge in [-0.3, -0.25) is 0 Å². The lowest BCUT2D eigenvalue weighted by Crippen LogP contribution is -1.87. The first-order valence-electron chi connectivity index (χ1n) is 5.53. The second-order valence-corrected chi connectivity index (χ2v) is 4.85. The van der Waals surface area contributed by atoms with E-state index in [1.807, 2.05) is 0 Å². The number of hydrogen-bond donors (Lipinski definition) is 1. The number of aromatic nitrogens is 3. The number of nitrogens with zero attached hydrogens (tertiary/aromatic N) is 2. The van der Waals surface area contributed by atoms with Gasteiger partial charge in [0.25, 0.3) is 0 Å². The monoisotopic (exact) mass is 321 g/mol. The highest BCUT2D eigenvalue weighted by molar-refractivity contribution is 9.10. The van der Waals surface area contributed by atoms with Crippen LogP contribution in [-0.4, -0.2) is 22.1 Å². The molecule has 0 spiro atoms. The largest absolute Gasteiger partial charge is 0.481 e. The zero-order valence-electron chi connectivity index (χ0n) is 9.95. The molecule has 0 amide bonds. The second kappa shape index (κ2) is 4.62. The maximum absolute atomic E-state index is 13.8. The molecular formula is C13H9BrFN3O. The summed E-state index contributed by atoms with van der Waals surface area (Å²) in [6, 6.07) is 8.22. The SMILES string of the molecule is COc1ccc2[nH]c(-c3cc(Br)ccc3F)nc2n1. The van der Waals surface area contributed by atoms with Gasteiger partial charge in [0, 0.05) is 10.5 Å². The van der Waals surface area contributed by atoms with Crippen LogP contribution in [-0.2, 0) is 0 Å². The fourth-order valence-corrected chi connectivity index (χ4v) is 2.16. The molecule has 1 aromatic carbocycles. The molecule has 19 heavy (non-hydrogen) atoms. The van der Waals surface area contributed by atoms with E-state index in [2.05, 4.69) is 30.9 Å². The van der Waals surface area contributed by atoms with E-state index in [9.17, 15) is 4.39 Å². The molecule has 0 saturated heterocycles. The topological polar surface area (TPSA) is 50.8 Å². The van der Waals surface area contributed by atoms with E-state index >= 15 is 0 Å². The van der Waals surface area contributed by atoms with Crippen LogP contribution >= 0.6 is 15.9 Å². The number of nitrogens with one attached hydrogen (secondary N) is 1. The summed E-state index contributed by atoms with van der Waals surface area (Å²) in [6.07, 6.45) is 0. The third kappa shape index (κ3) is 2.19. The Morgan fingerprint density at radius 1 is 1.21 bits per heavy atom. The van der Waals surface area contributed by atoms with Gasteiger partial charge in [0.2, 0.25) is 5.88 Å². The quantitative estimate of drug-likeness (QED) is 0.785. The molecule has 0 saturated carbocycles. The Kier molecular flexibility index (Phi) is 2.94. The lowest BCUT2D eigenvalue weighted by molar-refractivity contribution is 0.399. The van der Waals surface area contributed by atoms with Crippen molar-refractivity contribution < 1.29 is 9.13 Å². The minimum Gasteiger partial charge on any atom is -0.481 e. The molecule has 96 valence electrons. The molecule has 3 aromatic rings. The summed E-state index contributed by atoms with van der Waals surface area (Å²) in [4.78, 5) is 11.5. The molecular weight excluding hydrogens is 313 g/mol. The molecule has 6 heteroatoms. The van der Waals surface area contributed by atoms with Crippen LogP contribution in [0.5, 0.6) is 5.88 Å². The van der Waals surface area contributed by atoms with Crippen LogP contribution in [0, 0.1) is 5.82 Å². The molecule has 0 atom stereocenters. The minimum atomic E-state index is -0.339. The first kappa shape index (κ1) is 12.1. The van der Waals surface area contributed by atoms with Gasteiger partial charge in [-0.2, -0.15) is 4.98 Å². The van der Waals surface area contributed by atoms with Gasteiger partial charge in [-0.25, -0.2) is 9.37 Å². The maximum Gasteiger partial charge on any atom is 0.215 e. The fourth-order valence-electron chi connectivity index (χ4n) is 1.80. The summed E-state index contributed by atoms with van der Waals surface area (Å²) in [5.41, 5.74) is 1.62. The summed E-state index contributed by atoms with van der Waals surface area (Å²) in [6.45, 7) is 0. The Morgan fingerprint density at radius 3 is 2.84 bits per heavy atom. The molecule has 0 aliphatic heterocycles. The number of halogens is 2. The predicted octanol–water partition coefficient (Wildman–Crippen LogP) is 3.54. The van der Waals surface area contributed by atoms with Crippen LogP contribution in [0.15, 0.2) is 34.8 Å². The number of fused-ring (bicyclic) bond motifs is 1. The van der Waals surface area contributed by atoms with E-state index in [-0.39, 0.29) is 5.82 Å². The molecule has 0 radical (unpaired) electrons. The highest BCUT2D eigenvalue weighted by atomic mass is 79.9. The van der Waals surface area contributed by atoms with Crippen LogP contribution in [0.1, 0.15) is 0 Å². The Balaban J connectivity index is 2.17. The Bertz CT molecular complexity index is 757. The minimum absolute atomic E-state index is 0.339. The zero-order valence-corrected chi connectivity index (χ0v) is 11.5. The lowest BCUT2D eigenvalue weighted by atomic mass is 10.2. The molecule has 2 aromatic heterocycles. The number of imidazole rings is 1. The number of ether oxygens (including phenoxy) is 1. The molecule has 0 bridgehead atoms. The van der Waals surface area contributed by atoms with Crippen molar-refractivity contribution in [1.82, 2.24) is 15.0 Å². The molecule has 0 fully saturated rings. The summed E-state index contributed by atoms with van der Waals surface area (Å²) in [5.74, 6) is 0.573. The van der Waals surface area contributed by atoms with Crippen LogP contribution in [0.2, 0.25) is 0 Å². The Labute approximate surface area is 116 Å². The van der Waals surface area contributed by atoms with E-state index in [1.54, 1.807) is 24.3 Å². The third-order valence-electron chi connectivity index (χ3n) is 2.71. The van der Waals surface area contributed by atoms with Crippen LogP contribution < -0.4 is 4.74 Å². The second-order valence-electron chi connectivity index (χ2n) is 3.93. The van der Waals surface area contributed by atoms with Crippen molar-refractivity contribution in [3.05, 3.63) is 40.6 Å². The van der Waals surface area contributed by atoms with Gasteiger partial charge >= 0.3 is 0 Å². The van der Waals surface area contributed by atoms with Crippen molar-refractivity contribution in [2.24, 2.45) is 0 Å². The van der Waals surface area contributed by atoms with E-state index < -0.39 is 0 Å². The normalized spacial score (nSPS) is 10.9. The number of benzene rings is 1. The fraction of sp³-hybridized carbons (Fsp3) is 0.0769.